The van der Waals surface area contributed by atoms with E-state index in [0.717, 1.165) is 93.2 Å². The predicted molar refractivity (Wildman–Crippen MR) is 349 cm³/mol. The molecule has 0 saturated carbocycles. The van der Waals surface area contributed by atoms with Gasteiger partial charge in [-0.15, -0.1) is 20.4 Å². The lowest BCUT2D eigenvalue weighted by molar-refractivity contribution is 0.632. The molecule has 0 spiro atoms. The lowest BCUT2D eigenvalue weighted by Gasteiger charge is -2.22. The second-order valence-corrected chi connectivity index (χ2v) is 22.2. The first-order valence-electron chi connectivity index (χ1n) is 28.0. The number of nitrogen functional groups attached to an aromatic ring is 1. The maximum absolute atomic E-state index is 7.72. The Morgan fingerprint density at radius 2 is 0.926 bits per heavy atom. The highest BCUT2D eigenvalue weighted by Gasteiger charge is 2.24. The van der Waals surface area contributed by atoms with Gasteiger partial charge in [0, 0.05) is 47.7 Å². The molecule has 0 aliphatic rings. The molecule has 0 aliphatic carbocycles. The summed E-state index contributed by atoms with van der Waals surface area (Å²) in [6.45, 7) is 40.6. The van der Waals surface area contributed by atoms with Crippen LogP contribution in [0.15, 0.2) is 174 Å². The van der Waals surface area contributed by atoms with Crippen molar-refractivity contribution < 1.29 is 0 Å². The van der Waals surface area contributed by atoms with Gasteiger partial charge in [-0.1, -0.05) is 244 Å². The van der Waals surface area contributed by atoms with Gasteiger partial charge in [-0.3, -0.25) is 4.57 Å². The van der Waals surface area contributed by atoms with Crippen molar-refractivity contribution in [3.05, 3.63) is 231 Å². The zero-order valence-corrected chi connectivity index (χ0v) is 51.6. The van der Waals surface area contributed by atoms with Crippen LogP contribution in [-0.4, -0.2) is 39.2 Å². The van der Waals surface area contributed by atoms with Crippen molar-refractivity contribution in [3.8, 4) is 28.5 Å². The van der Waals surface area contributed by atoms with Gasteiger partial charge in [0.15, 0.2) is 33.4 Å². The van der Waals surface area contributed by atoms with Crippen LogP contribution in [0.4, 0.5) is 22.7 Å². The molecule has 2 N–H and O–H groups in total. The molecule has 7 aromatic carbocycles. The molecule has 0 saturated heterocycles. The van der Waals surface area contributed by atoms with E-state index in [1.54, 1.807) is 0 Å². The minimum atomic E-state index is 0.312. The molecule has 1 heterocycles. The Balaban J connectivity index is 0.000000254. The molecule has 8 aromatic rings. The normalized spacial score (nSPS) is 11.0. The fraction of sp³-hybridized carbons (Fsp3) is 0.314. The summed E-state index contributed by atoms with van der Waals surface area (Å²) in [7, 11) is 4.07. The molecule has 81 heavy (non-hydrogen) atoms. The first kappa shape index (κ1) is 65.7. The lowest BCUT2D eigenvalue weighted by Crippen LogP contribution is -2.11. The fourth-order valence-electron chi connectivity index (χ4n) is 8.90. The number of para-hydroxylation sites is 1. The van der Waals surface area contributed by atoms with Crippen molar-refractivity contribution >= 4 is 56.3 Å². The van der Waals surface area contributed by atoms with Crippen LogP contribution in [0.2, 0.25) is 0 Å². The number of nitrogens with zero attached hydrogens (tertiary/aromatic N) is 8. The lowest BCUT2D eigenvalue weighted by atomic mass is 9.92. The Morgan fingerprint density at radius 3 is 1.37 bits per heavy atom. The molecule has 8 rings (SSSR count). The van der Waals surface area contributed by atoms with E-state index < -0.39 is 0 Å². The topological polar surface area (TPSA) is 93.4 Å². The SMILES string of the molecule is CC.CN(C)c1ccccc1.Cc1ccccc1/C(Cl)=N/N=C(\Cl)c1ccccc1.[C-]#[N+]c1cc(CC(C)C)c(-n2c(-c3ccccc3)nnc2-c2ccccc2C)c(CC(C)C)c1.[C-]#[N+]c1cc(CC(C)C)c(N)c(CC(C)C)c1. The summed E-state index contributed by atoms with van der Waals surface area (Å²) in [5.41, 5.74) is 21.4. The zero-order chi connectivity index (χ0) is 59.6. The summed E-state index contributed by atoms with van der Waals surface area (Å²) in [5.74, 6) is 3.68. The highest BCUT2D eigenvalue weighted by molar-refractivity contribution is 6.71. The number of rotatable bonds is 15. The fourth-order valence-corrected chi connectivity index (χ4v) is 9.31. The van der Waals surface area contributed by atoms with E-state index in [1.165, 1.54) is 16.8 Å². The minimum Gasteiger partial charge on any atom is -0.398 e. The first-order chi connectivity index (χ1) is 38.8. The second kappa shape index (κ2) is 33.7. The number of hydrogen-bond acceptors (Lipinski definition) is 6. The van der Waals surface area contributed by atoms with E-state index in [0.29, 0.717) is 45.4 Å². The number of nitrogens with two attached hydrogens (primary N) is 1. The average Bonchev–Trinajstić information content (AvgIpc) is 4.00. The molecular formula is C70H83Cl2N9. The monoisotopic (exact) mass is 1120 g/mol. The minimum absolute atomic E-state index is 0.312. The molecule has 0 unspecified atom stereocenters. The van der Waals surface area contributed by atoms with E-state index in [9.17, 15) is 0 Å². The van der Waals surface area contributed by atoms with Crippen molar-refractivity contribution in [1.82, 2.24) is 14.8 Å². The highest BCUT2D eigenvalue weighted by atomic mass is 35.5. The predicted octanol–water partition coefficient (Wildman–Crippen LogP) is 19.4. The maximum atomic E-state index is 7.72. The molecule has 0 amide bonds. The molecule has 1 aromatic heterocycles. The van der Waals surface area contributed by atoms with Crippen LogP contribution in [0.3, 0.4) is 0 Å². The summed E-state index contributed by atoms with van der Waals surface area (Å²) in [6.07, 6.45) is 3.65. The van der Waals surface area contributed by atoms with E-state index in [4.69, 9.17) is 52.3 Å². The molecule has 422 valence electrons. The van der Waals surface area contributed by atoms with Gasteiger partial charge in [-0.05, 0) is 109 Å². The Kier molecular flexibility index (Phi) is 27.3. The Bertz CT molecular complexity index is 3280. The van der Waals surface area contributed by atoms with E-state index >= 15 is 0 Å². The van der Waals surface area contributed by atoms with Gasteiger partial charge in [0.05, 0.1) is 18.8 Å². The summed E-state index contributed by atoms with van der Waals surface area (Å²) in [6, 6.07) is 54.0. The molecule has 0 bridgehead atoms. The summed E-state index contributed by atoms with van der Waals surface area (Å²) in [4.78, 5) is 9.44. The molecule has 0 radical (unpaired) electrons. The van der Waals surface area contributed by atoms with Crippen molar-refractivity contribution in [2.24, 2.45) is 33.9 Å². The van der Waals surface area contributed by atoms with Crippen LogP contribution in [0, 0.1) is 50.7 Å². The van der Waals surface area contributed by atoms with Crippen molar-refractivity contribution in [2.75, 3.05) is 24.7 Å². The van der Waals surface area contributed by atoms with Crippen LogP contribution in [0.1, 0.15) is 114 Å². The van der Waals surface area contributed by atoms with Crippen LogP contribution < -0.4 is 10.6 Å². The van der Waals surface area contributed by atoms with Gasteiger partial charge in [0.2, 0.25) is 0 Å². The number of aromatic nitrogens is 3. The molecular weight excluding hydrogens is 1040 g/mol. The maximum Gasteiger partial charge on any atom is 0.187 e. The van der Waals surface area contributed by atoms with Gasteiger partial charge in [0.25, 0.3) is 0 Å². The quantitative estimate of drug-likeness (QED) is 0.0479. The van der Waals surface area contributed by atoms with E-state index in [2.05, 4.69) is 152 Å². The molecule has 0 atom stereocenters. The third-order valence-corrected chi connectivity index (χ3v) is 13.1. The van der Waals surface area contributed by atoms with Gasteiger partial charge < -0.3 is 10.6 Å². The van der Waals surface area contributed by atoms with Gasteiger partial charge >= 0.3 is 0 Å². The first-order valence-corrected chi connectivity index (χ1v) is 28.8. The number of aryl methyl sites for hydroxylation is 2. The summed E-state index contributed by atoms with van der Waals surface area (Å²) in [5, 5.41) is 18.0. The largest absolute Gasteiger partial charge is 0.398 e. The molecule has 11 heteroatoms. The third-order valence-electron chi connectivity index (χ3n) is 12.5. The second-order valence-electron chi connectivity index (χ2n) is 21.5. The van der Waals surface area contributed by atoms with Crippen LogP contribution in [0.5, 0.6) is 0 Å². The van der Waals surface area contributed by atoms with Crippen molar-refractivity contribution in [3.63, 3.8) is 0 Å². The van der Waals surface area contributed by atoms with Crippen molar-refractivity contribution in [1.29, 1.82) is 0 Å². The Labute approximate surface area is 495 Å². The number of benzene rings is 7. The average molecular weight is 1120 g/mol. The Hall–Kier alpha value is -7.82. The van der Waals surface area contributed by atoms with Crippen LogP contribution >= 0.6 is 23.2 Å². The number of hydrogen-bond donors (Lipinski definition) is 1. The molecule has 9 nitrogen and oxygen atoms in total. The van der Waals surface area contributed by atoms with Gasteiger partial charge in [-0.2, -0.15) is 0 Å². The summed E-state index contributed by atoms with van der Waals surface area (Å²) < 4.78 is 2.24. The molecule has 0 fully saturated rings. The van der Waals surface area contributed by atoms with E-state index in [1.807, 2.05) is 138 Å². The highest BCUT2D eigenvalue weighted by Crippen LogP contribution is 2.37. The van der Waals surface area contributed by atoms with Gasteiger partial charge in [-0.25, -0.2) is 9.69 Å². The Morgan fingerprint density at radius 1 is 0.531 bits per heavy atom. The standard InChI is InChI=1S/C30H32N4.C15H12Cl2N2.C15H22N2.C8H11N.C2H6/c1-20(2)16-24-18-26(31-6)19-25(17-21(3)4)28(24)34-29(23-13-8-7-9-14-23)32-33-30(34)27-15-11-10-12-22(27)5;1-11-7-5-6-10-13(11)15(17)19-18-14(16)12-8-3-2-4-9-12;1-10(2)6-12-8-14(17-5)9-13(15(12)16)7-11(3)4;1-9(2)8-6-4-3-5-7-8;1-2/h7-15,18-21H,16-17H2,1-5H3;2-10H,1H3;8-11H,6-7,16H2,1-4H3;3-7H,1-2H3;1-2H3/b;18-14-,19-15-;;;. The summed E-state index contributed by atoms with van der Waals surface area (Å²) >= 11 is 12.2. The van der Waals surface area contributed by atoms with Crippen LogP contribution in [-0.2, 0) is 25.7 Å². The number of anilines is 2. The number of halogens is 2. The van der Waals surface area contributed by atoms with Gasteiger partial charge in [0.1, 0.15) is 0 Å². The van der Waals surface area contributed by atoms with E-state index in [-0.39, 0.29) is 0 Å². The van der Waals surface area contributed by atoms with Crippen molar-refractivity contribution in [2.45, 2.75) is 109 Å². The molecule has 0 aliphatic heterocycles. The third kappa shape index (κ3) is 20.3. The van der Waals surface area contributed by atoms with Crippen LogP contribution in [0.25, 0.3) is 38.2 Å². The smallest absolute Gasteiger partial charge is 0.187 e. The zero-order valence-electron chi connectivity index (χ0n) is 50.1.